The number of hydrogen-bond acceptors (Lipinski definition) is 11. The molecular weight excluding hydrogens is 468 g/mol. The molecule has 0 spiro atoms. The van der Waals surface area contributed by atoms with E-state index in [2.05, 4.69) is 6.92 Å². The van der Waals surface area contributed by atoms with Gasteiger partial charge in [0.15, 0.2) is 6.29 Å². The van der Waals surface area contributed by atoms with E-state index < -0.39 is 73.8 Å². The van der Waals surface area contributed by atoms with Crippen molar-refractivity contribution >= 4 is 11.8 Å². The van der Waals surface area contributed by atoms with E-state index in [0.717, 1.165) is 25.0 Å². The van der Waals surface area contributed by atoms with Gasteiger partial charge in [-0.25, -0.2) is 0 Å². The number of unbranched alkanes of at least 4 members (excludes halogenated alkanes) is 8. The molecule has 0 aliphatic carbocycles. The fourth-order valence-corrected chi connectivity index (χ4v) is 5.49. The highest BCUT2D eigenvalue weighted by Gasteiger charge is 2.50. The maximum absolute atomic E-state index is 10.7. The summed E-state index contributed by atoms with van der Waals surface area (Å²) in [5.74, 6) is 0.737. The van der Waals surface area contributed by atoms with Crippen LogP contribution in [0.5, 0.6) is 0 Å². The molecule has 10 nitrogen and oxygen atoms in total. The molecule has 0 bridgehead atoms. The van der Waals surface area contributed by atoms with Gasteiger partial charge in [0.05, 0.1) is 13.2 Å². The summed E-state index contributed by atoms with van der Waals surface area (Å²) < 4.78 is 16.7. The van der Waals surface area contributed by atoms with E-state index in [9.17, 15) is 35.7 Å². The summed E-state index contributed by atoms with van der Waals surface area (Å²) >= 11 is 1.37. The van der Waals surface area contributed by atoms with E-state index in [-0.39, 0.29) is 0 Å². The van der Waals surface area contributed by atoms with Gasteiger partial charge in [-0.3, -0.25) is 0 Å². The number of thioether (sulfide) groups is 1. The van der Waals surface area contributed by atoms with E-state index in [1.165, 1.54) is 50.3 Å². The molecule has 0 aromatic heterocycles. The fraction of sp³-hybridized carbons (Fsp3) is 1.00. The summed E-state index contributed by atoms with van der Waals surface area (Å²) in [4.78, 5) is 0. The smallest absolute Gasteiger partial charge is 0.187 e. The van der Waals surface area contributed by atoms with E-state index in [1.807, 2.05) is 0 Å². The Balaban J connectivity index is 1.78. The highest BCUT2D eigenvalue weighted by atomic mass is 32.2. The van der Waals surface area contributed by atoms with Gasteiger partial charge >= 0.3 is 0 Å². The number of ether oxygens (including phenoxy) is 3. The molecule has 11 heteroatoms. The van der Waals surface area contributed by atoms with Gasteiger partial charge in [-0.05, 0) is 12.2 Å². The lowest BCUT2D eigenvalue weighted by atomic mass is 9.97. The lowest BCUT2D eigenvalue weighted by molar-refractivity contribution is -0.338. The Morgan fingerprint density at radius 1 is 0.647 bits per heavy atom. The van der Waals surface area contributed by atoms with Crippen LogP contribution in [-0.4, -0.2) is 115 Å². The number of aliphatic hydroxyl groups excluding tert-OH is 7. The van der Waals surface area contributed by atoms with E-state index in [0.29, 0.717) is 0 Å². The van der Waals surface area contributed by atoms with Gasteiger partial charge in [0.2, 0.25) is 0 Å². The van der Waals surface area contributed by atoms with Gasteiger partial charge in [-0.1, -0.05) is 58.3 Å². The Bertz CT molecular complexity index is 540. The van der Waals surface area contributed by atoms with Crippen molar-refractivity contribution in [1.29, 1.82) is 0 Å². The van der Waals surface area contributed by atoms with Crippen molar-refractivity contribution in [3.05, 3.63) is 0 Å². The molecule has 0 aromatic carbocycles. The normalized spacial score (nSPS) is 38.8. The van der Waals surface area contributed by atoms with Gasteiger partial charge in [0.1, 0.15) is 54.3 Å². The van der Waals surface area contributed by atoms with Crippen LogP contribution in [0.2, 0.25) is 0 Å². The van der Waals surface area contributed by atoms with Crippen LogP contribution in [-0.2, 0) is 14.2 Å². The predicted octanol–water partition coefficient (Wildman–Crippen LogP) is -0.125. The first-order valence-electron chi connectivity index (χ1n) is 12.6. The molecule has 7 N–H and O–H groups in total. The third-order valence-electron chi connectivity index (χ3n) is 6.49. The molecule has 34 heavy (non-hydrogen) atoms. The van der Waals surface area contributed by atoms with Crippen molar-refractivity contribution in [2.24, 2.45) is 0 Å². The molecule has 202 valence electrons. The first-order valence-corrected chi connectivity index (χ1v) is 13.6. The van der Waals surface area contributed by atoms with Crippen molar-refractivity contribution in [3.63, 3.8) is 0 Å². The molecule has 2 aliphatic rings. The highest BCUT2D eigenvalue weighted by molar-refractivity contribution is 7.99. The molecule has 2 rings (SSSR count). The minimum atomic E-state index is -1.67. The fourth-order valence-electron chi connectivity index (χ4n) is 4.31. The number of aliphatic hydroxyl groups is 7. The Kier molecular flexibility index (Phi) is 14.1. The third-order valence-corrected chi connectivity index (χ3v) is 7.73. The van der Waals surface area contributed by atoms with Crippen LogP contribution in [0, 0.1) is 0 Å². The molecular formula is C23H44O10S. The summed E-state index contributed by atoms with van der Waals surface area (Å²) in [5.41, 5.74) is -0.754. The standard InChI is InChI=1S/C23H44O10S/c1-2-3-4-5-6-7-8-9-10-11-34-23-20(30)18(28)21(15(13-25)32-23)33-22-19(29)17(27)16(26)14(12-24)31-22/h14-30H,2-13H2,1H3/t14?,15?,16-,17+,18-,19?,20?,21-,22-,23+/m1/s1. The Hall–Kier alpha value is -0.0500. The molecule has 0 saturated carbocycles. The van der Waals surface area contributed by atoms with Crippen LogP contribution in [0.3, 0.4) is 0 Å². The lowest BCUT2D eigenvalue weighted by Gasteiger charge is -2.46. The summed E-state index contributed by atoms with van der Waals surface area (Å²) in [6.07, 6.45) is -1.73. The van der Waals surface area contributed by atoms with Crippen LogP contribution in [0.1, 0.15) is 64.7 Å². The van der Waals surface area contributed by atoms with Gasteiger partial charge in [-0.15, -0.1) is 11.8 Å². The zero-order valence-corrected chi connectivity index (χ0v) is 20.8. The van der Waals surface area contributed by atoms with Crippen molar-refractivity contribution in [2.45, 2.75) is 125 Å². The first kappa shape index (κ1) is 30.2. The molecule has 0 aromatic rings. The minimum absolute atomic E-state index is 0.513. The average molecular weight is 513 g/mol. The zero-order chi connectivity index (χ0) is 25.1. The minimum Gasteiger partial charge on any atom is -0.394 e. The summed E-state index contributed by atoms with van der Waals surface area (Å²) in [7, 11) is 0. The van der Waals surface area contributed by atoms with Gasteiger partial charge in [-0.2, -0.15) is 0 Å². The predicted molar refractivity (Wildman–Crippen MR) is 126 cm³/mol. The van der Waals surface area contributed by atoms with E-state index >= 15 is 0 Å². The molecule has 4 unspecified atom stereocenters. The van der Waals surface area contributed by atoms with Crippen molar-refractivity contribution in [3.8, 4) is 0 Å². The van der Waals surface area contributed by atoms with Crippen molar-refractivity contribution in [1.82, 2.24) is 0 Å². The van der Waals surface area contributed by atoms with Gasteiger partial charge in [0.25, 0.3) is 0 Å². The summed E-state index contributed by atoms with van der Waals surface area (Å²) in [6, 6.07) is 0. The number of rotatable bonds is 15. The lowest BCUT2D eigenvalue weighted by Crippen LogP contribution is -2.64. The topological polar surface area (TPSA) is 169 Å². The van der Waals surface area contributed by atoms with E-state index in [4.69, 9.17) is 14.2 Å². The monoisotopic (exact) mass is 512 g/mol. The second-order valence-electron chi connectivity index (χ2n) is 9.20. The van der Waals surface area contributed by atoms with Crippen LogP contribution < -0.4 is 0 Å². The maximum Gasteiger partial charge on any atom is 0.187 e. The molecule has 2 aliphatic heterocycles. The van der Waals surface area contributed by atoms with Crippen LogP contribution in [0.4, 0.5) is 0 Å². The van der Waals surface area contributed by atoms with Crippen LogP contribution >= 0.6 is 11.8 Å². The zero-order valence-electron chi connectivity index (χ0n) is 20.0. The number of hydrogen-bond donors (Lipinski definition) is 7. The largest absolute Gasteiger partial charge is 0.394 e. The molecule has 2 fully saturated rings. The Morgan fingerprint density at radius 3 is 1.82 bits per heavy atom. The van der Waals surface area contributed by atoms with Crippen molar-refractivity contribution < 1.29 is 50.0 Å². The Morgan fingerprint density at radius 2 is 1.24 bits per heavy atom. The average Bonchev–Trinajstić information content (AvgIpc) is 2.84. The first-order chi connectivity index (χ1) is 16.3. The second kappa shape index (κ2) is 15.9. The highest BCUT2D eigenvalue weighted by Crippen LogP contribution is 2.33. The summed E-state index contributed by atoms with van der Waals surface area (Å²) in [5, 5.41) is 70.3. The van der Waals surface area contributed by atoms with Crippen LogP contribution in [0.25, 0.3) is 0 Å². The Labute approximate surface area is 206 Å². The van der Waals surface area contributed by atoms with Crippen LogP contribution in [0.15, 0.2) is 0 Å². The molecule has 2 saturated heterocycles. The second-order valence-corrected chi connectivity index (χ2v) is 10.4. The quantitative estimate of drug-likeness (QED) is 0.146. The van der Waals surface area contributed by atoms with Crippen molar-refractivity contribution in [2.75, 3.05) is 19.0 Å². The van der Waals surface area contributed by atoms with E-state index in [1.54, 1.807) is 0 Å². The van der Waals surface area contributed by atoms with Gasteiger partial charge in [0, 0.05) is 0 Å². The summed E-state index contributed by atoms with van der Waals surface area (Å²) in [6.45, 7) is 1.07. The molecule has 0 radical (unpaired) electrons. The molecule has 10 atom stereocenters. The third kappa shape index (κ3) is 8.52. The van der Waals surface area contributed by atoms with Gasteiger partial charge < -0.3 is 50.0 Å². The molecule has 2 heterocycles. The molecule has 0 amide bonds. The SMILES string of the molecule is CCCCCCCCCCCS[C@@H]1OC(CO)[C@@H](O[C@H]2OC(CO)[C@@H](O)[C@H](O)C2O)[C@H](O)C1O. The maximum atomic E-state index is 10.7.